The van der Waals surface area contributed by atoms with Gasteiger partial charge in [-0.3, -0.25) is 4.79 Å². The minimum atomic E-state index is -5.08. The van der Waals surface area contributed by atoms with E-state index in [0.717, 1.165) is 5.56 Å². The van der Waals surface area contributed by atoms with Gasteiger partial charge >= 0.3 is 18.1 Å². The van der Waals surface area contributed by atoms with Crippen molar-refractivity contribution in [1.29, 1.82) is 0 Å². The van der Waals surface area contributed by atoms with Crippen molar-refractivity contribution >= 4 is 17.8 Å². The van der Waals surface area contributed by atoms with Gasteiger partial charge in [0.2, 0.25) is 5.91 Å². The summed E-state index contributed by atoms with van der Waals surface area (Å²) in [6, 6.07) is 8.17. The molecule has 0 aliphatic carbocycles. The second-order valence-electron chi connectivity index (χ2n) is 4.16. The first-order valence-corrected chi connectivity index (χ1v) is 6.14. The molecule has 23 heavy (non-hydrogen) atoms. The van der Waals surface area contributed by atoms with Crippen molar-refractivity contribution in [1.82, 2.24) is 5.32 Å². The van der Waals surface area contributed by atoms with Crippen LogP contribution in [0.15, 0.2) is 30.3 Å². The molecule has 10 heteroatoms. The Morgan fingerprint density at radius 1 is 1.13 bits per heavy atom. The quantitative estimate of drug-likeness (QED) is 0.615. The van der Waals surface area contributed by atoms with Crippen molar-refractivity contribution in [3.05, 3.63) is 35.9 Å². The van der Waals surface area contributed by atoms with Gasteiger partial charge in [0.15, 0.2) is 0 Å². The van der Waals surface area contributed by atoms with Crippen molar-refractivity contribution in [2.24, 2.45) is 5.73 Å². The number of hydrogen-bond donors (Lipinski definition) is 4. The molecule has 1 amide bonds. The first kappa shape index (κ1) is 20.4. The monoisotopic (exact) mass is 336 g/mol. The van der Waals surface area contributed by atoms with Gasteiger partial charge in [-0.05, 0) is 5.56 Å². The summed E-state index contributed by atoms with van der Waals surface area (Å²) >= 11 is 0. The summed E-state index contributed by atoms with van der Waals surface area (Å²) in [5.41, 5.74) is 5.96. The number of nitrogens with two attached hydrogens (primary N) is 1. The number of rotatable bonds is 5. The molecule has 0 spiro atoms. The Morgan fingerprint density at radius 3 is 1.96 bits per heavy atom. The number of aliphatic carboxylic acids is 2. The Labute approximate surface area is 128 Å². The Bertz CT molecular complexity index is 534. The lowest BCUT2D eigenvalue weighted by Gasteiger charge is -2.13. The second-order valence-corrected chi connectivity index (χ2v) is 4.16. The van der Waals surface area contributed by atoms with Crippen LogP contribution in [0.5, 0.6) is 0 Å². The molecule has 1 atom stereocenters. The number of amides is 1. The molecule has 0 heterocycles. The van der Waals surface area contributed by atoms with E-state index in [1.165, 1.54) is 0 Å². The van der Waals surface area contributed by atoms with Crippen molar-refractivity contribution in [3.63, 3.8) is 0 Å². The van der Waals surface area contributed by atoms with Gasteiger partial charge in [-0.25, -0.2) is 9.59 Å². The van der Waals surface area contributed by atoms with Gasteiger partial charge in [-0.1, -0.05) is 30.3 Å². The fraction of sp³-hybridized carbons (Fsp3) is 0.308. The predicted molar refractivity (Wildman–Crippen MR) is 72.5 cm³/mol. The standard InChI is InChI=1S/C11H14N2O3.C2HF3O2/c12-7-10(14)13-9(11(15)16)6-8-4-2-1-3-5-8;3-2(4,5)1(6)7/h1-5,9H,6-7,12H2,(H,13,14)(H,15,16);(H,6,7). The van der Waals surface area contributed by atoms with E-state index in [-0.39, 0.29) is 13.0 Å². The number of alkyl halides is 3. The summed E-state index contributed by atoms with van der Waals surface area (Å²) in [5, 5.41) is 18.4. The lowest BCUT2D eigenvalue weighted by Crippen LogP contribution is -2.44. The molecule has 0 bridgehead atoms. The third-order valence-electron chi connectivity index (χ3n) is 2.34. The van der Waals surface area contributed by atoms with Gasteiger partial charge in [0.25, 0.3) is 0 Å². The molecule has 1 aromatic carbocycles. The summed E-state index contributed by atoms with van der Waals surface area (Å²) in [5.74, 6) is -4.29. The topological polar surface area (TPSA) is 130 Å². The molecular formula is C13H15F3N2O5. The van der Waals surface area contributed by atoms with Gasteiger partial charge in [0.05, 0.1) is 6.54 Å². The highest BCUT2D eigenvalue weighted by Crippen LogP contribution is 2.13. The number of hydrogen-bond acceptors (Lipinski definition) is 4. The summed E-state index contributed by atoms with van der Waals surface area (Å²) in [6.07, 6.45) is -4.83. The van der Waals surface area contributed by atoms with E-state index in [0.29, 0.717) is 0 Å². The molecule has 0 aliphatic heterocycles. The second kappa shape index (κ2) is 9.41. The smallest absolute Gasteiger partial charge is 0.480 e. The Kier molecular flexibility index (Phi) is 8.34. The normalized spacial score (nSPS) is 11.7. The Morgan fingerprint density at radius 2 is 1.61 bits per heavy atom. The van der Waals surface area contributed by atoms with Crippen LogP contribution in [-0.2, 0) is 20.8 Å². The minimum absolute atomic E-state index is 0.210. The van der Waals surface area contributed by atoms with Crippen LogP contribution in [0.4, 0.5) is 13.2 Å². The van der Waals surface area contributed by atoms with Crippen molar-refractivity contribution in [2.75, 3.05) is 6.54 Å². The first-order valence-electron chi connectivity index (χ1n) is 6.14. The van der Waals surface area contributed by atoms with Crippen molar-refractivity contribution in [3.8, 4) is 0 Å². The summed E-state index contributed by atoms with van der Waals surface area (Å²) in [6.45, 7) is -0.210. The zero-order chi connectivity index (χ0) is 18.0. The van der Waals surface area contributed by atoms with Gasteiger partial charge in [-0.2, -0.15) is 13.2 Å². The molecule has 0 aromatic heterocycles. The van der Waals surface area contributed by atoms with Crippen LogP contribution in [0, 0.1) is 0 Å². The lowest BCUT2D eigenvalue weighted by molar-refractivity contribution is -0.192. The van der Waals surface area contributed by atoms with Crippen LogP contribution in [0.2, 0.25) is 0 Å². The molecular weight excluding hydrogens is 321 g/mol. The Hall–Kier alpha value is -2.62. The molecule has 0 saturated heterocycles. The van der Waals surface area contributed by atoms with Crippen LogP contribution in [0.1, 0.15) is 5.56 Å². The Balaban J connectivity index is 0.000000585. The van der Waals surface area contributed by atoms with E-state index in [4.69, 9.17) is 20.7 Å². The average Bonchev–Trinajstić information content (AvgIpc) is 2.47. The van der Waals surface area contributed by atoms with Crippen LogP contribution in [0.3, 0.4) is 0 Å². The van der Waals surface area contributed by atoms with E-state index in [2.05, 4.69) is 5.32 Å². The van der Waals surface area contributed by atoms with E-state index >= 15 is 0 Å². The molecule has 5 N–H and O–H groups in total. The van der Waals surface area contributed by atoms with Crippen LogP contribution in [0.25, 0.3) is 0 Å². The highest BCUT2D eigenvalue weighted by Gasteiger charge is 2.38. The zero-order valence-electron chi connectivity index (χ0n) is 11.7. The number of carbonyl (C=O) groups is 3. The number of benzene rings is 1. The van der Waals surface area contributed by atoms with Crippen molar-refractivity contribution < 1.29 is 37.8 Å². The molecule has 7 nitrogen and oxygen atoms in total. The zero-order valence-corrected chi connectivity index (χ0v) is 11.7. The molecule has 0 saturated carbocycles. The summed E-state index contributed by atoms with van der Waals surface area (Å²) < 4.78 is 31.7. The van der Waals surface area contributed by atoms with Crippen LogP contribution in [-0.4, -0.2) is 46.8 Å². The van der Waals surface area contributed by atoms with Crippen LogP contribution >= 0.6 is 0 Å². The number of carboxylic acids is 2. The fourth-order valence-electron chi connectivity index (χ4n) is 1.30. The maximum absolute atomic E-state index is 11.0. The summed E-state index contributed by atoms with van der Waals surface area (Å²) in [4.78, 5) is 30.8. The number of carboxylic acid groups (broad SMARTS) is 2. The molecule has 0 radical (unpaired) electrons. The molecule has 0 aliphatic rings. The molecule has 0 fully saturated rings. The highest BCUT2D eigenvalue weighted by molar-refractivity contribution is 5.84. The maximum Gasteiger partial charge on any atom is 0.490 e. The first-order chi connectivity index (χ1) is 10.6. The van der Waals surface area contributed by atoms with Gasteiger partial charge in [-0.15, -0.1) is 0 Å². The van der Waals surface area contributed by atoms with E-state index in [1.54, 1.807) is 0 Å². The third kappa shape index (κ3) is 9.09. The van der Waals surface area contributed by atoms with Gasteiger partial charge < -0.3 is 21.3 Å². The van der Waals surface area contributed by atoms with E-state index < -0.39 is 30.1 Å². The molecule has 1 aromatic rings. The largest absolute Gasteiger partial charge is 0.490 e. The maximum atomic E-state index is 11.0. The summed E-state index contributed by atoms with van der Waals surface area (Å²) in [7, 11) is 0. The lowest BCUT2D eigenvalue weighted by atomic mass is 10.1. The average molecular weight is 336 g/mol. The third-order valence-corrected chi connectivity index (χ3v) is 2.34. The van der Waals surface area contributed by atoms with Gasteiger partial charge in [0, 0.05) is 6.42 Å². The fourth-order valence-corrected chi connectivity index (χ4v) is 1.30. The number of carbonyl (C=O) groups excluding carboxylic acids is 1. The highest BCUT2D eigenvalue weighted by atomic mass is 19.4. The van der Waals surface area contributed by atoms with E-state index in [1.807, 2.05) is 30.3 Å². The predicted octanol–water partition coefficient (Wildman–Crippen LogP) is 0.391. The van der Waals surface area contributed by atoms with Gasteiger partial charge in [0.1, 0.15) is 6.04 Å². The molecule has 128 valence electrons. The number of nitrogens with one attached hydrogen (secondary N) is 1. The number of halogens is 3. The molecule has 1 rings (SSSR count). The van der Waals surface area contributed by atoms with Crippen molar-refractivity contribution in [2.45, 2.75) is 18.6 Å². The SMILES string of the molecule is NCC(=O)NC(Cc1ccccc1)C(=O)O.O=C(O)C(F)(F)F. The molecule has 1 unspecified atom stereocenters. The van der Waals surface area contributed by atoms with Crippen LogP contribution < -0.4 is 11.1 Å². The minimum Gasteiger partial charge on any atom is -0.480 e. The van der Waals surface area contributed by atoms with E-state index in [9.17, 15) is 22.8 Å².